The summed E-state index contributed by atoms with van der Waals surface area (Å²) in [6, 6.07) is 2.99. The molecule has 1 aromatic rings. The van der Waals surface area contributed by atoms with Gasteiger partial charge < -0.3 is 20.7 Å². The van der Waals surface area contributed by atoms with E-state index in [1.807, 2.05) is 39.5 Å². The lowest BCUT2D eigenvalue weighted by molar-refractivity contribution is 0.352. The first kappa shape index (κ1) is 30.3. The summed E-state index contributed by atoms with van der Waals surface area (Å²) in [5.74, 6) is -0.751. The molecule has 1 aromatic carbocycles. The Morgan fingerprint density at radius 3 is 2.49 bits per heavy atom. The molecule has 194 valence electrons. The molecule has 0 aliphatic carbocycles. The minimum Gasteiger partial charge on any atom is -0.423 e. The third-order valence-corrected chi connectivity index (χ3v) is 5.89. The quantitative estimate of drug-likeness (QED) is 0.286. The molecule has 2 heterocycles. The molecule has 0 bridgehead atoms. The number of rotatable bonds is 5. The maximum Gasteiger partial charge on any atom is 0.238 e. The predicted molar refractivity (Wildman–Crippen MR) is 144 cm³/mol. The van der Waals surface area contributed by atoms with Crippen molar-refractivity contribution in [3.8, 4) is 0 Å². The minimum absolute atomic E-state index is 0.000966. The molecule has 0 atom stereocenters. The number of nitrogens with two attached hydrogens (primary N) is 1. The average molecular weight is 508 g/mol. The molecule has 1 saturated heterocycles. The Hall–Kier alpha value is -2.78. The molecule has 2 aliphatic rings. The van der Waals surface area contributed by atoms with E-state index in [1.165, 1.54) is 12.1 Å². The number of hydrogen-bond acceptors (Lipinski definition) is 8. The molecule has 10 heteroatoms. The highest BCUT2D eigenvalue weighted by molar-refractivity contribution is 6.43. The van der Waals surface area contributed by atoms with Gasteiger partial charge in [-0.05, 0) is 56.1 Å². The van der Waals surface area contributed by atoms with Crippen molar-refractivity contribution >= 4 is 34.9 Å². The third-order valence-electron chi connectivity index (χ3n) is 5.48. The predicted octanol–water partition coefficient (Wildman–Crippen LogP) is 4.89. The standard InChI is InChI=1S/C21H27ClFN7O.2C2H6/c1-12-2-3-15(23)18(22)14(12)11-30-9-8-29-19(25)17(30)10-16(24)21(27)31-20(26)13-4-6-28-7-5-13;2*1-2/h2-3,10,13,24,26-28H,4-9,11H2,1H3,(H2,25,29);2*1-2H3/b17-10+,24-16?,26-20?,27-21?;;. The van der Waals surface area contributed by atoms with E-state index in [9.17, 15) is 4.39 Å². The fourth-order valence-electron chi connectivity index (χ4n) is 3.59. The largest absolute Gasteiger partial charge is 0.423 e. The van der Waals surface area contributed by atoms with Crippen LogP contribution in [0.15, 0.2) is 28.9 Å². The number of aliphatic imine (C=N–C) groups is 1. The molecule has 0 amide bonds. The molecular formula is C25H39ClFN7O. The Balaban J connectivity index is 0.00000145. The summed E-state index contributed by atoms with van der Waals surface area (Å²) < 4.78 is 19.3. The van der Waals surface area contributed by atoms with Crippen molar-refractivity contribution in [2.24, 2.45) is 16.6 Å². The molecule has 3 rings (SSSR count). The number of amidine groups is 1. The molecule has 0 aromatic heterocycles. The van der Waals surface area contributed by atoms with E-state index in [1.54, 1.807) is 6.07 Å². The number of benzene rings is 1. The first-order chi connectivity index (χ1) is 16.8. The summed E-state index contributed by atoms with van der Waals surface area (Å²) >= 11 is 6.18. The van der Waals surface area contributed by atoms with E-state index >= 15 is 0 Å². The number of aryl methyl sites for hydroxylation is 1. The van der Waals surface area contributed by atoms with Crippen molar-refractivity contribution in [3.05, 3.63) is 45.9 Å². The van der Waals surface area contributed by atoms with Crippen molar-refractivity contribution in [1.29, 1.82) is 16.2 Å². The molecule has 6 N–H and O–H groups in total. The van der Waals surface area contributed by atoms with Gasteiger partial charge in [0.1, 0.15) is 17.4 Å². The summed E-state index contributed by atoms with van der Waals surface area (Å²) in [4.78, 5) is 6.09. The van der Waals surface area contributed by atoms with E-state index in [2.05, 4.69) is 10.3 Å². The normalized spacial score (nSPS) is 16.8. The summed E-state index contributed by atoms with van der Waals surface area (Å²) in [6.45, 7) is 12.7. The number of nitrogens with zero attached hydrogens (tertiary/aromatic N) is 2. The lowest BCUT2D eigenvalue weighted by Crippen LogP contribution is -2.38. The Bertz CT molecular complexity index is 955. The SMILES string of the molecule is CC.CC.Cc1ccc(F)c(Cl)c1CN1CCN=C(N)/C1=C\C(=N)C(=N)OC(=N)C1CCNCC1. The Labute approximate surface area is 213 Å². The van der Waals surface area contributed by atoms with E-state index in [4.69, 9.17) is 38.3 Å². The van der Waals surface area contributed by atoms with Crippen LogP contribution >= 0.6 is 11.6 Å². The van der Waals surface area contributed by atoms with Gasteiger partial charge in [0, 0.05) is 19.0 Å². The van der Waals surface area contributed by atoms with Crippen LogP contribution < -0.4 is 11.1 Å². The van der Waals surface area contributed by atoms with Crippen molar-refractivity contribution in [2.45, 2.75) is 54.0 Å². The smallest absolute Gasteiger partial charge is 0.238 e. The number of ether oxygens (including phenoxy) is 1. The summed E-state index contributed by atoms with van der Waals surface area (Å²) in [7, 11) is 0. The highest BCUT2D eigenvalue weighted by Gasteiger charge is 2.24. The summed E-state index contributed by atoms with van der Waals surface area (Å²) in [5, 5.41) is 27.7. The van der Waals surface area contributed by atoms with Crippen LogP contribution in [0, 0.1) is 34.9 Å². The van der Waals surface area contributed by atoms with Crippen LogP contribution in [-0.4, -0.2) is 54.4 Å². The monoisotopic (exact) mass is 507 g/mol. The van der Waals surface area contributed by atoms with Crippen LogP contribution in [-0.2, 0) is 11.3 Å². The molecule has 2 aliphatic heterocycles. The van der Waals surface area contributed by atoms with E-state index in [0.717, 1.165) is 31.5 Å². The molecule has 0 unspecified atom stereocenters. The highest BCUT2D eigenvalue weighted by Crippen LogP contribution is 2.26. The lowest BCUT2D eigenvalue weighted by atomic mass is 9.98. The van der Waals surface area contributed by atoms with E-state index < -0.39 is 11.7 Å². The van der Waals surface area contributed by atoms with Crippen molar-refractivity contribution in [3.63, 3.8) is 0 Å². The Morgan fingerprint density at radius 2 is 1.86 bits per heavy atom. The fraction of sp³-hybridized carbons (Fsp3) is 0.520. The van der Waals surface area contributed by atoms with Gasteiger partial charge >= 0.3 is 0 Å². The number of nitrogens with one attached hydrogen (secondary N) is 4. The van der Waals surface area contributed by atoms with Gasteiger partial charge in [0.05, 0.1) is 17.3 Å². The summed E-state index contributed by atoms with van der Waals surface area (Å²) in [6.07, 6.45) is 2.93. The Morgan fingerprint density at radius 1 is 1.23 bits per heavy atom. The van der Waals surface area contributed by atoms with Gasteiger partial charge in [-0.15, -0.1) is 0 Å². The van der Waals surface area contributed by atoms with Gasteiger partial charge in [0.15, 0.2) is 5.90 Å². The molecule has 35 heavy (non-hydrogen) atoms. The molecule has 0 spiro atoms. The molecular weight excluding hydrogens is 469 g/mol. The second-order valence-electron chi connectivity index (χ2n) is 7.61. The molecule has 1 fully saturated rings. The van der Waals surface area contributed by atoms with Crippen LogP contribution in [0.2, 0.25) is 5.02 Å². The van der Waals surface area contributed by atoms with Gasteiger partial charge in [-0.25, -0.2) is 4.39 Å². The maximum absolute atomic E-state index is 14.0. The molecule has 8 nitrogen and oxygen atoms in total. The summed E-state index contributed by atoms with van der Waals surface area (Å²) in [5.41, 5.74) is 7.77. The van der Waals surface area contributed by atoms with Crippen LogP contribution in [0.4, 0.5) is 4.39 Å². The van der Waals surface area contributed by atoms with E-state index in [-0.39, 0.29) is 34.9 Å². The lowest BCUT2D eigenvalue weighted by Gasteiger charge is -2.31. The second kappa shape index (κ2) is 15.3. The van der Waals surface area contributed by atoms with Gasteiger partial charge in [0.25, 0.3) is 0 Å². The first-order valence-electron chi connectivity index (χ1n) is 12.1. The van der Waals surface area contributed by atoms with Gasteiger partial charge in [-0.3, -0.25) is 21.2 Å². The fourth-order valence-corrected chi connectivity index (χ4v) is 3.86. The van der Waals surface area contributed by atoms with Gasteiger partial charge in [-0.2, -0.15) is 0 Å². The van der Waals surface area contributed by atoms with Gasteiger partial charge in [0.2, 0.25) is 5.90 Å². The first-order valence-corrected chi connectivity index (χ1v) is 12.5. The molecule has 0 radical (unpaired) electrons. The minimum atomic E-state index is -0.495. The number of piperidine rings is 1. The van der Waals surface area contributed by atoms with Crippen LogP contribution in [0.25, 0.3) is 0 Å². The number of hydrogen-bond donors (Lipinski definition) is 5. The van der Waals surface area contributed by atoms with Gasteiger partial charge in [-0.1, -0.05) is 45.4 Å². The second-order valence-corrected chi connectivity index (χ2v) is 7.99. The van der Waals surface area contributed by atoms with Crippen LogP contribution in [0.5, 0.6) is 0 Å². The van der Waals surface area contributed by atoms with E-state index in [0.29, 0.717) is 24.4 Å². The van der Waals surface area contributed by atoms with Crippen molar-refractivity contribution in [2.75, 3.05) is 26.2 Å². The topological polar surface area (TPSA) is 134 Å². The molecule has 0 saturated carbocycles. The average Bonchev–Trinajstić information content (AvgIpc) is 2.88. The maximum atomic E-state index is 14.0. The zero-order valence-electron chi connectivity index (χ0n) is 21.4. The highest BCUT2D eigenvalue weighted by atomic mass is 35.5. The van der Waals surface area contributed by atoms with Crippen molar-refractivity contribution < 1.29 is 9.13 Å². The van der Waals surface area contributed by atoms with Crippen molar-refractivity contribution in [1.82, 2.24) is 10.2 Å². The van der Waals surface area contributed by atoms with Crippen LogP contribution in [0.1, 0.15) is 51.7 Å². The zero-order valence-corrected chi connectivity index (χ0v) is 22.2. The third kappa shape index (κ3) is 8.43. The number of halogens is 2. The zero-order chi connectivity index (χ0) is 26.5. The van der Waals surface area contributed by atoms with Crippen LogP contribution in [0.3, 0.4) is 0 Å². The Kier molecular flexibility index (Phi) is 13.2.